The third-order valence-electron chi connectivity index (χ3n) is 2.53. The first kappa shape index (κ1) is 10.6. The molecule has 0 radical (unpaired) electrons. The molecular formula is C10H14N2O2S. The minimum atomic E-state index is -2.78. The number of hydrogen-bond donors (Lipinski definition) is 1. The topological polar surface area (TPSA) is 59.1 Å². The fourth-order valence-corrected chi connectivity index (χ4v) is 3.42. The highest BCUT2D eigenvalue weighted by atomic mass is 32.2. The van der Waals surface area contributed by atoms with Crippen LogP contribution in [0.4, 0.5) is 0 Å². The van der Waals surface area contributed by atoms with E-state index in [4.69, 9.17) is 0 Å². The van der Waals surface area contributed by atoms with Gasteiger partial charge >= 0.3 is 0 Å². The molecule has 4 nitrogen and oxygen atoms in total. The van der Waals surface area contributed by atoms with Gasteiger partial charge in [-0.2, -0.15) is 0 Å². The summed E-state index contributed by atoms with van der Waals surface area (Å²) in [6, 6.07) is 5.81. The summed E-state index contributed by atoms with van der Waals surface area (Å²) in [6.45, 7) is 0.640. The summed E-state index contributed by atoms with van der Waals surface area (Å²) < 4.78 is 22.4. The van der Waals surface area contributed by atoms with E-state index in [1.807, 2.05) is 18.2 Å². The molecule has 1 saturated heterocycles. The third-order valence-corrected chi connectivity index (χ3v) is 4.30. The van der Waals surface area contributed by atoms with E-state index in [0.29, 0.717) is 12.3 Å². The van der Waals surface area contributed by atoms with Crippen LogP contribution in [-0.4, -0.2) is 30.9 Å². The Balaban J connectivity index is 1.85. The van der Waals surface area contributed by atoms with Crippen molar-refractivity contribution in [3.8, 4) is 0 Å². The maximum absolute atomic E-state index is 11.2. The standard InChI is InChI=1S/C10H14N2O2S/c13-15(14)6-4-10(8-15)12-7-9-3-1-2-5-11-9/h1-3,5,10,12H,4,6-8H2. The van der Waals surface area contributed by atoms with E-state index in [9.17, 15) is 8.42 Å². The molecule has 1 N–H and O–H groups in total. The third kappa shape index (κ3) is 3.00. The number of sulfone groups is 1. The molecule has 0 aliphatic carbocycles. The Hall–Kier alpha value is -0.940. The van der Waals surface area contributed by atoms with Crippen LogP contribution in [0.15, 0.2) is 24.4 Å². The molecule has 2 heterocycles. The molecule has 1 atom stereocenters. The van der Waals surface area contributed by atoms with Gasteiger partial charge in [-0.15, -0.1) is 0 Å². The summed E-state index contributed by atoms with van der Waals surface area (Å²) in [5.41, 5.74) is 0.946. The van der Waals surface area contributed by atoms with Crippen LogP contribution in [0, 0.1) is 0 Å². The van der Waals surface area contributed by atoms with Gasteiger partial charge in [-0.1, -0.05) is 6.07 Å². The second-order valence-electron chi connectivity index (χ2n) is 3.80. The first-order chi connectivity index (χ1) is 7.16. The molecular weight excluding hydrogens is 212 g/mol. The minimum absolute atomic E-state index is 0.0945. The minimum Gasteiger partial charge on any atom is -0.307 e. The monoisotopic (exact) mass is 226 g/mol. The molecule has 5 heteroatoms. The van der Waals surface area contributed by atoms with Crippen LogP contribution in [0.25, 0.3) is 0 Å². The number of aromatic nitrogens is 1. The molecule has 0 amide bonds. The summed E-state index contributed by atoms with van der Waals surface area (Å²) in [4.78, 5) is 4.16. The molecule has 2 rings (SSSR count). The molecule has 1 aromatic rings. The fourth-order valence-electron chi connectivity index (χ4n) is 1.71. The number of nitrogens with zero attached hydrogens (tertiary/aromatic N) is 1. The van der Waals surface area contributed by atoms with Crippen molar-refractivity contribution in [3.63, 3.8) is 0 Å². The molecule has 1 unspecified atom stereocenters. The lowest BCUT2D eigenvalue weighted by Crippen LogP contribution is -2.29. The predicted molar refractivity (Wildman–Crippen MR) is 58.1 cm³/mol. The van der Waals surface area contributed by atoms with Crippen molar-refractivity contribution in [3.05, 3.63) is 30.1 Å². The van der Waals surface area contributed by atoms with Gasteiger partial charge in [0, 0.05) is 18.8 Å². The molecule has 0 aromatic carbocycles. The van der Waals surface area contributed by atoms with Crippen molar-refractivity contribution in [1.29, 1.82) is 0 Å². The molecule has 1 aromatic heterocycles. The Kier molecular flexibility index (Phi) is 3.02. The zero-order chi connectivity index (χ0) is 10.7. The van der Waals surface area contributed by atoms with Gasteiger partial charge in [-0.05, 0) is 18.6 Å². The Morgan fingerprint density at radius 1 is 1.47 bits per heavy atom. The van der Waals surface area contributed by atoms with Crippen LogP contribution < -0.4 is 5.32 Å². The maximum atomic E-state index is 11.2. The van der Waals surface area contributed by atoms with Gasteiger partial charge in [0.25, 0.3) is 0 Å². The van der Waals surface area contributed by atoms with Gasteiger partial charge < -0.3 is 5.32 Å². The summed E-state index contributed by atoms with van der Waals surface area (Å²) in [5, 5.41) is 3.21. The second-order valence-corrected chi connectivity index (χ2v) is 6.03. The van der Waals surface area contributed by atoms with Crippen molar-refractivity contribution in [2.24, 2.45) is 0 Å². The van der Waals surface area contributed by atoms with Crippen LogP contribution in [0.2, 0.25) is 0 Å². The van der Waals surface area contributed by atoms with Gasteiger partial charge in [0.2, 0.25) is 0 Å². The van der Waals surface area contributed by atoms with Crippen molar-refractivity contribution in [1.82, 2.24) is 10.3 Å². The van der Waals surface area contributed by atoms with Crippen LogP contribution in [-0.2, 0) is 16.4 Å². The van der Waals surface area contributed by atoms with Gasteiger partial charge in [0.1, 0.15) is 0 Å². The van der Waals surface area contributed by atoms with E-state index in [0.717, 1.165) is 12.1 Å². The maximum Gasteiger partial charge on any atom is 0.151 e. The van der Waals surface area contributed by atoms with Crippen LogP contribution in [0.3, 0.4) is 0 Å². The first-order valence-corrected chi connectivity index (χ1v) is 6.81. The lowest BCUT2D eigenvalue weighted by molar-refractivity contribution is 0.548. The van der Waals surface area contributed by atoms with E-state index in [1.54, 1.807) is 6.20 Å². The average Bonchev–Trinajstić information content (AvgIpc) is 2.57. The molecule has 1 fully saturated rings. The van der Waals surface area contributed by atoms with E-state index >= 15 is 0 Å². The quantitative estimate of drug-likeness (QED) is 0.808. The predicted octanol–water partition coefficient (Wildman–Crippen LogP) is 0.358. The van der Waals surface area contributed by atoms with Crippen molar-refractivity contribution >= 4 is 9.84 Å². The van der Waals surface area contributed by atoms with Gasteiger partial charge in [-0.25, -0.2) is 8.42 Å². The molecule has 0 bridgehead atoms. The molecule has 15 heavy (non-hydrogen) atoms. The Labute approximate surface area is 89.6 Å². The van der Waals surface area contributed by atoms with Crippen molar-refractivity contribution in [2.45, 2.75) is 19.0 Å². The highest BCUT2D eigenvalue weighted by Gasteiger charge is 2.27. The molecule has 0 spiro atoms. The van der Waals surface area contributed by atoms with E-state index in [1.165, 1.54) is 0 Å². The zero-order valence-electron chi connectivity index (χ0n) is 8.39. The lowest BCUT2D eigenvalue weighted by Gasteiger charge is -2.09. The van der Waals surface area contributed by atoms with Crippen LogP contribution in [0.1, 0.15) is 12.1 Å². The second kappa shape index (κ2) is 4.28. The lowest BCUT2D eigenvalue weighted by atomic mass is 10.2. The Morgan fingerprint density at radius 2 is 2.33 bits per heavy atom. The highest BCUT2D eigenvalue weighted by molar-refractivity contribution is 7.91. The molecule has 82 valence electrons. The summed E-state index contributed by atoms with van der Waals surface area (Å²) in [5.74, 6) is 0.576. The number of pyridine rings is 1. The van der Waals surface area contributed by atoms with Crippen molar-refractivity contribution < 1.29 is 8.42 Å². The SMILES string of the molecule is O=S1(=O)CCC(NCc2ccccn2)C1. The zero-order valence-corrected chi connectivity index (χ0v) is 9.20. The van der Waals surface area contributed by atoms with Crippen molar-refractivity contribution in [2.75, 3.05) is 11.5 Å². The van der Waals surface area contributed by atoms with Gasteiger partial charge in [0.15, 0.2) is 9.84 Å². The Bertz CT molecular complexity index is 416. The van der Waals surface area contributed by atoms with Gasteiger partial charge in [0.05, 0.1) is 17.2 Å². The summed E-state index contributed by atoms with van der Waals surface area (Å²) in [6.07, 6.45) is 2.46. The fraction of sp³-hybridized carbons (Fsp3) is 0.500. The Morgan fingerprint density at radius 3 is 2.93 bits per heavy atom. The van der Waals surface area contributed by atoms with Crippen LogP contribution >= 0.6 is 0 Å². The van der Waals surface area contributed by atoms with E-state index in [2.05, 4.69) is 10.3 Å². The summed E-state index contributed by atoms with van der Waals surface area (Å²) in [7, 11) is -2.78. The normalized spacial score (nSPS) is 24.1. The average molecular weight is 226 g/mol. The van der Waals surface area contributed by atoms with Crippen LogP contribution in [0.5, 0.6) is 0 Å². The number of nitrogens with one attached hydrogen (secondary N) is 1. The molecule has 1 aliphatic rings. The smallest absolute Gasteiger partial charge is 0.151 e. The highest BCUT2D eigenvalue weighted by Crippen LogP contribution is 2.11. The first-order valence-electron chi connectivity index (χ1n) is 4.99. The summed E-state index contributed by atoms with van der Waals surface area (Å²) >= 11 is 0. The van der Waals surface area contributed by atoms with E-state index in [-0.39, 0.29) is 11.8 Å². The van der Waals surface area contributed by atoms with E-state index < -0.39 is 9.84 Å². The molecule has 0 saturated carbocycles. The molecule has 1 aliphatic heterocycles. The number of hydrogen-bond acceptors (Lipinski definition) is 4. The number of rotatable bonds is 3. The largest absolute Gasteiger partial charge is 0.307 e. The van der Waals surface area contributed by atoms with Gasteiger partial charge in [-0.3, -0.25) is 4.98 Å².